The van der Waals surface area contributed by atoms with Gasteiger partial charge in [0, 0.05) is 6.42 Å². The Balaban J connectivity index is 5.42. The maximum absolute atomic E-state index is 12.7. The Morgan fingerprint density at radius 3 is 1.86 bits per heavy atom. The molecule has 0 aromatic carbocycles. The number of rotatable bonds is 13. The number of carbonyl (C=O) groups is 5. The molecule has 11 nitrogen and oxygen atoms in total. The normalized spacial score (nSPS) is 14.0. The van der Waals surface area contributed by atoms with Crippen LogP contribution in [0.5, 0.6) is 0 Å². The van der Waals surface area contributed by atoms with Gasteiger partial charge in [-0.25, -0.2) is 4.79 Å². The minimum Gasteiger partial charge on any atom is -0.480 e. The van der Waals surface area contributed by atoms with Gasteiger partial charge in [-0.2, -0.15) is 0 Å². The van der Waals surface area contributed by atoms with Gasteiger partial charge in [0.2, 0.25) is 23.6 Å². The van der Waals surface area contributed by atoms with Crippen LogP contribution in [0.15, 0.2) is 0 Å². The Bertz CT molecular complexity index is 608. The van der Waals surface area contributed by atoms with E-state index >= 15 is 0 Å². The van der Waals surface area contributed by atoms with Crippen molar-refractivity contribution < 1.29 is 29.1 Å². The number of carboxylic acids is 1. The molecule has 4 amide bonds. The molecule has 0 aromatic heterocycles. The van der Waals surface area contributed by atoms with Crippen molar-refractivity contribution in [3.8, 4) is 0 Å². The van der Waals surface area contributed by atoms with Gasteiger partial charge < -0.3 is 32.5 Å². The van der Waals surface area contributed by atoms with Crippen LogP contribution in [-0.2, 0) is 24.0 Å². The number of hydrogen-bond donors (Lipinski definition) is 6. The second kappa shape index (κ2) is 12.7. The summed E-state index contributed by atoms with van der Waals surface area (Å²) in [4.78, 5) is 59.3. The summed E-state index contributed by atoms with van der Waals surface area (Å²) in [7, 11) is 0. The number of aliphatic carboxylic acids is 1. The molecule has 0 aliphatic rings. The Kier molecular flexibility index (Phi) is 11.5. The van der Waals surface area contributed by atoms with Gasteiger partial charge in [-0.1, -0.05) is 27.7 Å². The number of carboxylic acid groups (broad SMARTS) is 1. The average molecular weight is 415 g/mol. The third-order valence-electron chi connectivity index (χ3n) is 4.09. The van der Waals surface area contributed by atoms with Gasteiger partial charge in [-0.15, -0.1) is 0 Å². The van der Waals surface area contributed by atoms with Crippen molar-refractivity contribution in [2.24, 2.45) is 23.3 Å². The summed E-state index contributed by atoms with van der Waals surface area (Å²) >= 11 is 0. The lowest BCUT2D eigenvalue weighted by Gasteiger charge is -2.26. The smallest absolute Gasteiger partial charge is 0.326 e. The Morgan fingerprint density at radius 1 is 0.897 bits per heavy atom. The van der Waals surface area contributed by atoms with Crippen molar-refractivity contribution in [1.29, 1.82) is 0 Å². The van der Waals surface area contributed by atoms with Gasteiger partial charge in [0.25, 0.3) is 0 Å². The molecule has 0 aliphatic heterocycles. The van der Waals surface area contributed by atoms with Crippen LogP contribution in [0.25, 0.3) is 0 Å². The molecule has 0 saturated heterocycles. The maximum atomic E-state index is 12.7. The van der Waals surface area contributed by atoms with Gasteiger partial charge in [-0.3, -0.25) is 19.2 Å². The molecule has 8 N–H and O–H groups in total. The highest BCUT2D eigenvalue weighted by molar-refractivity contribution is 5.93. The number of carbonyl (C=O) groups excluding carboxylic acids is 4. The largest absolute Gasteiger partial charge is 0.480 e. The third kappa shape index (κ3) is 10.4. The fourth-order valence-electron chi connectivity index (χ4n) is 2.55. The van der Waals surface area contributed by atoms with E-state index in [4.69, 9.17) is 11.5 Å². The summed E-state index contributed by atoms with van der Waals surface area (Å²) in [6.45, 7) is 6.65. The molecule has 0 aliphatic carbocycles. The molecular weight excluding hydrogens is 382 g/mol. The van der Waals surface area contributed by atoms with E-state index in [1.54, 1.807) is 13.8 Å². The molecule has 0 saturated carbocycles. The summed E-state index contributed by atoms with van der Waals surface area (Å²) in [5, 5.41) is 16.6. The molecule has 0 fully saturated rings. The van der Waals surface area contributed by atoms with E-state index in [0.29, 0.717) is 6.42 Å². The lowest BCUT2D eigenvalue weighted by molar-refractivity contribution is -0.143. The molecule has 29 heavy (non-hydrogen) atoms. The topological polar surface area (TPSA) is 194 Å². The van der Waals surface area contributed by atoms with Crippen molar-refractivity contribution in [1.82, 2.24) is 16.0 Å². The molecule has 11 heteroatoms. The van der Waals surface area contributed by atoms with Gasteiger partial charge in [-0.05, 0) is 24.7 Å². The fourth-order valence-corrected chi connectivity index (χ4v) is 2.55. The van der Waals surface area contributed by atoms with Crippen LogP contribution in [0, 0.1) is 11.8 Å². The first kappa shape index (κ1) is 26.3. The highest BCUT2D eigenvalue weighted by Gasteiger charge is 2.31. The average Bonchev–Trinajstić information content (AvgIpc) is 2.60. The van der Waals surface area contributed by atoms with E-state index in [-0.39, 0.29) is 25.3 Å². The van der Waals surface area contributed by atoms with Crippen molar-refractivity contribution in [3.63, 3.8) is 0 Å². The first-order chi connectivity index (χ1) is 13.4. The Hall–Kier alpha value is -2.69. The molecule has 0 rings (SSSR count). The van der Waals surface area contributed by atoms with Gasteiger partial charge >= 0.3 is 5.97 Å². The first-order valence-electron chi connectivity index (χ1n) is 9.50. The summed E-state index contributed by atoms with van der Waals surface area (Å²) in [6.07, 6.45) is -0.0101. The van der Waals surface area contributed by atoms with E-state index in [2.05, 4.69) is 16.0 Å². The number of nitrogens with two attached hydrogens (primary N) is 2. The number of amides is 4. The molecule has 0 heterocycles. The van der Waals surface area contributed by atoms with E-state index < -0.39 is 53.6 Å². The van der Waals surface area contributed by atoms with Crippen molar-refractivity contribution in [2.75, 3.05) is 6.54 Å². The van der Waals surface area contributed by atoms with Crippen LogP contribution in [0.3, 0.4) is 0 Å². The van der Waals surface area contributed by atoms with E-state index in [1.807, 2.05) is 13.8 Å². The van der Waals surface area contributed by atoms with Crippen molar-refractivity contribution >= 4 is 29.6 Å². The van der Waals surface area contributed by atoms with Crippen molar-refractivity contribution in [2.45, 2.75) is 65.1 Å². The Morgan fingerprint density at radius 2 is 1.45 bits per heavy atom. The van der Waals surface area contributed by atoms with Crippen molar-refractivity contribution in [3.05, 3.63) is 0 Å². The van der Waals surface area contributed by atoms with E-state index in [9.17, 15) is 29.1 Å². The molecule has 0 bridgehead atoms. The number of hydrogen-bond acceptors (Lipinski definition) is 6. The second-order valence-electron chi connectivity index (χ2n) is 7.59. The standard InChI is InChI=1S/C18H33N5O6/c1-9(2)7-12(21-14(25)8-19)17(27)22-11(5-6-13(20)24)16(26)23-15(10(3)4)18(28)29/h9-12,15H,5-8,19H2,1-4H3,(H2,20,24)(H,21,25)(H,22,27)(H,23,26)(H,28,29). The lowest BCUT2D eigenvalue weighted by Crippen LogP contribution is -2.57. The molecule has 3 unspecified atom stereocenters. The van der Waals surface area contributed by atoms with Crippen LogP contribution in [-0.4, -0.2) is 59.4 Å². The molecule has 0 aromatic rings. The van der Waals surface area contributed by atoms with Crippen LogP contribution in [0.4, 0.5) is 0 Å². The summed E-state index contributed by atoms with van der Waals surface area (Å²) in [5.74, 6) is -4.17. The second-order valence-corrected chi connectivity index (χ2v) is 7.59. The first-order valence-corrected chi connectivity index (χ1v) is 9.50. The monoisotopic (exact) mass is 415 g/mol. The predicted octanol–water partition coefficient (Wildman–Crippen LogP) is -1.55. The highest BCUT2D eigenvalue weighted by Crippen LogP contribution is 2.08. The zero-order valence-electron chi connectivity index (χ0n) is 17.4. The molecule has 0 radical (unpaired) electrons. The third-order valence-corrected chi connectivity index (χ3v) is 4.09. The number of primary amides is 1. The minimum atomic E-state index is -1.22. The molecule has 0 spiro atoms. The molecule has 166 valence electrons. The highest BCUT2D eigenvalue weighted by atomic mass is 16.4. The Labute approximate surface area is 170 Å². The fraction of sp³-hybridized carbons (Fsp3) is 0.722. The van der Waals surface area contributed by atoms with Crippen LogP contribution < -0.4 is 27.4 Å². The molecule has 3 atom stereocenters. The van der Waals surface area contributed by atoms with E-state index in [0.717, 1.165) is 0 Å². The maximum Gasteiger partial charge on any atom is 0.326 e. The van der Waals surface area contributed by atoms with Crippen LogP contribution in [0.2, 0.25) is 0 Å². The van der Waals surface area contributed by atoms with Crippen LogP contribution >= 0.6 is 0 Å². The molecular formula is C18H33N5O6. The zero-order valence-corrected chi connectivity index (χ0v) is 17.4. The minimum absolute atomic E-state index is 0.0547. The zero-order chi connectivity index (χ0) is 22.7. The summed E-state index contributed by atoms with van der Waals surface area (Å²) in [6, 6.07) is -3.30. The van der Waals surface area contributed by atoms with Gasteiger partial charge in [0.1, 0.15) is 18.1 Å². The number of nitrogens with one attached hydrogen (secondary N) is 3. The van der Waals surface area contributed by atoms with Crippen LogP contribution in [0.1, 0.15) is 47.0 Å². The summed E-state index contributed by atoms with van der Waals surface area (Å²) < 4.78 is 0. The van der Waals surface area contributed by atoms with Gasteiger partial charge in [0.15, 0.2) is 0 Å². The van der Waals surface area contributed by atoms with E-state index in [1.165, 1.54) is 0 Å². The SMILES string of the molecule is CC(C)CC(NC(=O)CN)C(=O)NC(CCC(N)=O)C(=O)NC(C(=O)O)C(C)C. The summed E-state index contributed by atoms with van der Waals surface area (Å²) in [5.41, 5.74) is 10.4. The van der Waals surface area contributed by atoms with Gasteiger partial charge in [0.05, 0.1) is 6.54 Å². The quantitative estimate of drug-likeness (QED) is 0.209. The lowest BCUT2D eigenvalue weighted by atomic mass is 10.0. The predicted molar refractivity (Wildman–Crippen MR) is 105 cm³/mol.